The van der Waals surface area contributed by atoms with Gasteiger partial charge < -0.3 is 14.2 Å². The van der Waals surface area contributed by atoms with Crippen molar-refractivity contribution in [1.82, 2.24) is 0 Å². The molecule has 0 saturated carbocycles. The summed E-state index contributed by atoms with van der Waals surface area (Å²) in [4.78, 5) is -0.0750. The molecular formula is C18H22N2O7S2. The monoisotopic (exact) mass is 442 g/mol. The number of methoxy groups -OCH3 is 3. The molecule has 1 aliphatic heterocycles. The molecule has 1 N–H and O–H groups in total. The molecular weight excluding hydrogens is 420 g/mol. The number of sulfonamides is 2. The fourth-order valence-corrected chi connectivity index (χ4v) is 5.82. The van der Waals surface area contributed by atoms with E-state index in [4.69, 9.17) is 14.2 Å². The topological polar surface area (TPSA) is 111 Å². The van der Waals surface area contributed by atoms with Crippen LogP contribution in [0.15, 0.2) is 41.3 Å². The smallest absolute Gasteiger partial charge is 0.265 e. The average molecular weight is 443 g/mol. The van der Waals surface area contributed by atoms with Crippen LogP contribution in [0.2, 0.25) is 0 Å². The molecule has 2 aromatic carbocycles. The Kier molecular flexibility index (Phi) is 5.80. The van der Waals surface area contributed by atoms with Crippen LogP contribution in [0.1, 0.15) is 6.42 Å². The molecule has 0 spiro atoms. The second kappa shape index (κ2) is 7.99. The molecule has 1 heterocycles. The molecule has 1 aliphatic rings. The number of anilines is 2. The zero-order valence-corrected chi connectivity index (χ0v) is 17.8. The largest absolute Gasteiger partial charge is 0.497 e. The molecule has 1 fully saturated rings. The molecule has 0 amide bonds. The first-order chi connectivity index (χ1) is 13.7. The number of ether oxygens (including phenoxy) is 3. The van der Waals surface area contributed by atoms with Crippen molar-refractivity contribution in [2.75, 3.05) is 42.7 Å². The van der Waals surface area contributed by atoms with Gasteiger partial charge in [0, 0.05) is 18.7 Å². The zero-order chi connectivity index (χ0) is 21.2. The van der Waals surface area contributed by atoms with Crippen molar-refractivity contribution in [2.24, 2.45) is 0 Å². The van der Waals surface area contributed by atoms with Crippen LogP contribution >= 0.6 is 0 Å². The Morgan fingerprint density at radius 3 is 2.28 bits per heavy atom. The lowest BCUT2D eigenvalue weighted by Gasteiger charge is -2.19. The lowest BCUT2D eigenvalue weighted by atomic mass is 10.2. The molecule has 3 rings (SSSR count). The summed E-state index contributed by atoms with van der Waals surface area (Å²) in [5, 5.41) is 0. The fourth-order valence-electron chi connectivity index (χ4n) is 3.05. The molecule has 158 valence electrons. The highest BCUT2D eigenvalue weighted by Gasteiger charge is 2.29. The maximum absolute atomic E-state index is 12.9. The van der Waals surface area contributed by atoms with Crippen LogP contribution in [0.4, 0.5) is 11.4 Å². The van der Waals surface area contributed by atoms with Gasteiger partial charge in [0.2, 0.25) is 10.0 Å². The molecule has 0 aliphatic carbocycles. The molecule has 0 atom stereocenters. The number of hydrogen-bond donors (Lipinski definition) is 1. The molecule has 2 aromatic rings. The van der Waals surface area contributed by atoms with Gasteiger partial charge in [0.15, 0.2) is 0 Å². The van der Waals surface area contributed by atoms with Crippen molar-refractivity contribution < 1.29 is 31.0 Å². The average Bonchev–Trinajstić information content (AvgIpc) is 3.06. The van der Waals surface area contributed by atoms with E-state index in [1.807, 2.05) is 0 Å². The van der Waals surface area contributed by atoms with Gasteiger partial charge in [-0.3, -0.25) is 9.03 Å². The van der Waals surface area contributed by atoms with Crippen molar-refractivity contribution in [3.63, 3.8) is 0 Å². The number of rotatable bonds is 7. The molecule has 0 unspecified atom stereocenters. The van der Waals surface area contributed by atoms with Crippen molar-refractivity contribution in [3.05, 3.63) is 36.4 Å². The quantitative estimate of drug-likeness (QED) is 0.699. The normalized spacial score (nSPS) is 15.8. The second-order valence-corrected chi connectivity index (χ2v) is 9.91. The molecule has 29 heavy (non-hydrogen) atoms. The molecule has 0 bridgehead atoms. The summed E-state index contributed by atoms with van der Waals surface area (Å²) < 4.78 is 69.4. The third kappa shape index (κ3) is 4.20. The Bertz CT molecular complexity index is 1120. The van der Waals surface area contributed by atoms with Crippen LogP contribution in [0.5, 0.6) is 17.2 Å². The predicted molar refractivity (Wildman–Crippen MR) is 109 cm³/mol. The van der Waals surface area contributed by atoms with E-state index in [2.05, 4.69) is 4.72 Å². The summed E-state index contributed by atoms with van der Waals surface area (Å²) in [6, 6.07) is 8.84. The van der Waals surface area contributed by atoms with Gasteiger partial charge in [0.25, 0.3) is 10.0 Å². The third-order valence-electron chi connectivity index (χ3n) is 4.48. The van der Waals surface area contributed by atoms with E-state index in [1.165, 1.54) is 62.0 Å². The summed E-state index contributed by atoms with van der Waals surface area (Å²) >= 11 is 0. The summed E-state index contributed by atoms with van der Waals surface area (Å²) in [7, 11) is -3.17. The van der Waals surface area contributed by atoms with E-state index in [0.717, 1.165) is 0 Å². The highest BCUT2D eigenvalue weighted by Crippen LogP contribution is 2.35. The fraction of sp³-hybridized carbons (Fsp3) is 0.333. The Morgan fingerprint density at radius 1 is 0.966 bits per heavy atom. The first-order valence-corrected chi connectivity index (χ1v) is 11.7. The summed E-state index contributed by atoms with van der Waals surface area (Å²) in [6.45, 7) is 0.375. The van der Waals surface area contributed by atoms with Gasteiger partial charge in [-0.05, 0) is 30.7 Å². The Labute approximate surface area is 170 Å². The summed E-state index contributed by atoms with van der Waals surface area (Å²) in [5.74, 6) is 0.854. The SMILES string of the molecule is COc1ccc(S(=O)(=O)Nc2ccc(N3CCCS3(=O)=O)cc2OC)c(OC)c1. The number of benzene rings is 2. The minimum absolute atomic E-state index is 0.0750. The van der Waals surface area contributed by atoms with E-state index in [0.29, 0.717) is 24.4 Å². The highest BCUT2D eigenvalue weighted by atomic mass is 32.2. The summed E-state index contributed by atoms with van der Waals surface area (Å²) in [5.41, 5.74) is 0.593. The Morgan fingerprint density at radius 2 is 1.69 bits per heavy atom. The lowest BCUT2D eigenvalue weighted by Crippen LogP contribution is -2.25. The molecule has 9 nitrogen and oxygen atoms in total. The maximum Gasteiger partial charge on any atom is 0.265 e. The van der Waals surface area contributed by atoms with E-state index < -0.39 is 20.0 Å². The van der Waals surface area contributed by atoms with Crippen LogP contribution in [-0.4, -0.2) is 50.5 Å². The maximum atomic E-state index is 12.9. The minimum Gasteiger partial charge on any atom is -0.497 e. The van der Waals surface area contributed by atoms with Crippen LogP contribution in [0, 0.1) is 0 Å². The number of nitrogens with one attached hydrogen (secondary N) is 1. The third-order valence-corrected chi connectivity index (χ3v) is 7.75. The number of hydrogen-bond acceptors (Lipinski definition) is 7. The van der Waals surface area contributed by atoms with Crippen molar-refractivity contribution in [1.29, 1.82) is 0 Å². The minimum atomic E-state index is -4.01. The highest BCUT2D eigenvalue weighted by molar-refractivity contribution is 7.93. The zero-order valence-electron chi connectivity index (χ0n) is 16.2. The van der Waals surface area contributed by atoms with Gasteiger partial charge in [-0.2, -0.15) is 0 Å². The molecule has 0 radical (unpaired) electrons. The van der Waals surface area contributed by atoms with E-state index in [1.54, 1.807) is 0 Å². The van der Waals surface area contributed by atoms with Crippen LogP contribution in [0.3, 0.4) is 0 Å². The molecule has 1 saturated heterocycles. The number of nitrogens with zero attached hydrogens (tertiary/aromatic N) is 1. The second-order valence-electron chi connectivity index (χ2n) is 6.25. The Hall–Kier alpha value is -2.66. The van der Waals surface area contributed by atoms with Crippen molar-refractivity contribution >= 4 is 31.4 Å². The van der Waals surface area contributed by atoms with Crippen LogP contribution < -0.4 is 23.2 Å². The van der Waals surface area contributed by atoms with Crippen molar-refractivity contribution in [2.45, 2.75) is 11.3 Å². The first-order valence-electron chi connectivity index (χ1n) is 8.65. The van der Waals surface area contributed by atoms with Gasteiger partial charge in [0.05, 0.1) is 38.5 Å². The molecule has 11 heteroatoms. The standard InChI is InChI=1S/C18H22N2O7S2/c1-25-14-6-8-18(17(12-14)27-3)29(23,24)19-15-7-5-13(11-16(15)26-2)20-9-4-10-28(20,21)22/h5-8,11-12,19H,4,9-10H2,1-3H3. The van der Waals surface area contributed by atoms with E-state index in [-0.39, 0.29) is 27.8 Å². The first kappa shape index (κ1) is 21.1. The van der Waals surface area contributed by atoms with E-state index >= 15 is 0 Å². The summed E-state index contributed by atoms with van der Waals surface area (Å²) in [6.07, 6.45) is 0.538. The van der Waals surface area contributed by atoms with Crippen LogP contribution in [-0.2, 0) is 20.0 Å². The van der Waals surface area contributed by atoms with Gasteiger partial charge >= 0.3 is 0 Å². The molecule has 0 aromatic heterocycles. The van der Waals surface area contributed by atoms with Crippen molar-refractivity contribution in [3.8, 4) is 17.2 Å². The van der Waals surface area contributed by atoms with Crippen LogP contribution in [0.25, 0.3) is 0 Å². The van der Waals surface area contributed by atoms with Gasteiger partial charge in [0.1, 0.15) is 22.1 Å². The lowest BCUT2D eigenvalue weighted by molar-refractivity contribution is 0.386. The van der Waals surface area contributed by atoms with E-state index in [9.17, 15) is 16.8 Å². The van der Waals surface area contributed by atoms with Gasteiger partial charge in [-0.1, -0.05) is 0 Å². The Balaban J connectivity index is 1.95. The van der Waals surface area contributed by atoms with Gasteiger partial charge in [-0.25, -0.2) is 16.8 Å². The van der Waals surface area contributed by atoms with Gasteiger partial charge in [-0.15, -0.1) is 0 Å². The predicted octanol–water partition coefficient (Wildman–Crippen LogP) is 2.05.